The van der Waals surface area contributed by atoms with Crippen molar-refractivity contribution in [1.29, 1.82) is 0 Å². The Hall–Kier alpha value is -0.470. The van der Waals surface area contributed by atoms with E-state index >= 15 is 0 Å². The summed E-state index contributed by atoms with van der Waals surface area (Å²) in [4.78, 5) is 1.25. The number of hydrogen-bond donors (Lipinski definition) is 1. The van der Waals surface area contributed by atoms with Crippen LogP contribution in [0, 0.1) is 6.92 Å². The van der Waals surface area contributed by atoms with Crippen LogP contribution < -0.4 is 0 Å². The summed E-state index contributed by atoms with van der Waals surface area (Å²) in [6.45, 7) is 4.45. The average molecular weight is 196 g/mol. The molecular formula is C11H16OS. The first-order chi connectivity index (χ1) is 6.26. The van der Waals surface area contributed by atoms with Crippen molar-refractivity contribution in [3.8, 4) is 0 Å². The van der Waals surface area contributed by atoms with E-state index in [2.05, 4.69) is 38.1 Å². The fourth-order valence-corrected chi connectivity index (χ4v) is 2.17. The third-order valence-electron chi connectivity index (χ3n) is 1.95. The normalized spacial score (nSPS) is 12.8. The summed E-state index contributed by atoms with van der Waals surface area (Å²) in [5.74, 6) is 0. The number of hydrogen-bond acceptors (Lipinski definition) is 2. The molecule has 0 amide bonds. The lowest BCUT2D eigenvalue weighted by Crippen LogP contribution is -2.05. The molecule has 1 aromatic rings. The van der Waals surface area contributed by atoms with Crippen LogP contribution in [0.5, 0.6) is 0 Å². The first-order valence-corrected chi connectivity index (χ1v) is 5.48. The molecule has 1 rings (SSSR count). The standard InChI is InChI=1S/C11H16OS/c1-3-10(8-12)13-11-6-4-5-9(2)7-11/h4-7,10,12H,3,8H2,1-2H3. The predicted molar refractivity (Wildman–Crippen MR) is 58.2 cm³/mol. The molecular weight excluding hydrogens is 180 g/mol. The van der Waals surface area contributed by atoms with Crippen molar-refractivity contribution >= 4 is 11.8 Å². The molecule has 0 aliphatic heterocycles. The molecule has 0 spiro atoms. The zero-order valence-electron chi connectivity index (χ0n) is 8.16. The van der Waals surface area contributed by atoms with Gasteiger partial charge in [0.25, 0.3) is 0 Å². The number of aryl methyl sites for hydroxylation is 1. The molecule has 1 atom stereocenters. The van der Waals surface area contributed by atoms with E-state index in [1.807, 2.05) is 0 Å². The summed E-state index contributed by atoms with van der Waals surface area (Å²) < 4.78 is 0. The molecule has 1 N–H and O–H groups in total. The molecule has 0 aliphatic rings. The van der Waals surface area contributed by atoms with E-state index in [9.17, 15) is 0 Å². The quantitative estimate of drug-likeness (QED) is 0.747. The van der Waals surface area contributed by atoms with Gasteiger partial charge in [0.1, 0.15) is 0 Å². The highest BCUT2D eigenvalue weighted by atomic mass is 32.2. The maximum atomic E-state index is 9.04. The second kappa shape index (κ2) is 5.30. The van der Waals surface area contributed by atoms with Crippen LogP contribution in [0.2, 0.25) is 0 Å². The van der Waals surface area contributed by atoms with E-state index in [1.165, 1.54) is 10.5 Å². The number of aliphatic hydroxyl groups is 1. The van der Waals surface area contributed by atoms with Crippen LogP contribution >= 0.6 is 11.8 Å². The van der Waals surface area contributed by atoms with Gasteiger partial charge in [-0.1, -0.05) is 24.6 Å². The molecule has 72 valence electrons. The first-order valence-electron chi connectivity index (χ1n) is 4.60. The average Bonchev–Trinajstić information content (AvgIpc) is 2.14. The maximum absolute atomic E-state index is 9.04. The van der Waals surface area contributed by atoms with Gasteiger partial charge in [0.15, 0.2) is 0 Å². The molecule has 0 bridgehead atoms. The van der Waals surface area contributed by atoms with Gasteiger partial charge in [-0.25, -0.2) is 0 Å². The van der Waals surface area contributed by atoms with Gasteiger partial charge < -0.3 is 5.11 Å². The molecule has 1 aromatic carbocycles. The van der Waals surface area contributed by atoms with E-state index in [-0.39, 0.29) is 6.61 Å². The van der Waals surface area contributed by atoms with Crippen molar-refractivity contribution in [2.75, 3.05) is 6.61 Å². The minimum absolute atomic E-state index is 0.259. The Bertz CT molecular complexity index is 256. The molecule has 0 heterocycles. The van der Waals surface area contributed by atoms with Crippen molar-refractivity contribution in [3.63, 3.8) is 0 Å². The summed E-state index contributed by atoms with van der Waals surface area (Å²) in [5.41, 5.74) is 1.28. The van der Waals surface area contributed by atoms with Crippen molar-refractivity contribution in [3.05, 3.63) is 29.8 Å². The lowest BCUT2D eigenvalue weighted by molar-refractivity contribution is 0.292. The monoisotopic (exact) mass is 196 g/mol. The summed E-state index contributed by atoms with van der Waals surface area (Å²) in [6.07, 6.45) is 1.01. The van der Waals surface area contributed by atoms with Gasteiger partial charge in [-0.05, 0) is 25.5 Å². The molecule has 2 heteroatoms. The van der Waals surface area contributed by atoms with Crippen LogP contribution in [0.15, 0.2) is 29.2 Å². The minimum atomic E-state index is 0.259. The fraction of sp³-hybridized carbons (Fsp3) is 0.455. The molecule has 1 nitrogen and oxygen atoms in total. The number of benzene rings is 1. The topological polar surface area (TPSA) is 20.2 Å². The largest absolute Gasteiger partial charge is 0.395 e. The van der Waals surface area contributed by atoms with Crippen LogP contribution in [0.3, 0.4) is 0 Å². The molecule has 13 heavy (non-hydrogen) atoms. The van der Waals surface area contributed by atoms with E-state index in [4.69, 9.17) is 5.11 Å². The highest BCUT2D eigenvalue weighted by Crippen LogP contribution is 2.25. The molecule has 0 saturated carbocycles. The summed E-state index contributed by atoms with van der Waals surface area (Å²) in [7, 11) is 0. The Morgan fingerprint density at radius 3 is 2.77 bits per heavy atom. The third-order valence-corrected chi connectivity index (χ3v) is 3.29. The lowest BCUT2D eigenvalue weighted by Gasteiger charge is -2.10. The Balaban J connectivity index is 2.62. The van der Waals surface area contributed by atoms with Gasteiger partial charge in [0.2, 0.25) is 0 Å². The number of thioether (sulfide) groups is 1. The van der Waals surface area contributed by atoms with Gasteiger partial charge in [-0.2, -0.15) is 0 Å². The molecule has 1 unspecified atom stereocenters. The third kappa shape index (κ3) is 3.41. The molecule has 0 fully saturated rings. The van der Waals surface area contributed by atoms with Gasteiger partial charge in [-0.15, -0.1) is 11.8 Å². The van der Waals surface area contributed by atoms with Crippen LogP contribution in [-0.2, 0) is 0 Å². The van der Waals surface area contributed by atoms with Gasteiger partial charge >= 0.3 is 0 Å². The van der Waals surface area contributed by atoms with Crippen LogP contribution in [0.25, 0.3) is 0 Å². The van der Waals surface area contributed by atoms with Crippen LogP contribution in [0.1, 0.15) is 18.9 Å². The summed E-state index contributed by atoms with van der Waals surface area (Å²) in [5, 5.41) is 9.37. The van der Waals surface area contributed by atoms with Crippen LogP contribution in [0.4, 0.5) is 0 Å². The SMILES string of the molecule is CCC(CO)Sc1cccc(C)c1. The van der Waals surface area contributed by atoms with Crippen molar-refractivity contribution in [2.45, 2.75) is 30.4 Å². The van der Waals surface area contributed by atoms with Gasteiger partial charge in [0.05, 0.1) is 6.61 Å². The van der Waals surface area contributed by atoms with Gasteiger partial charge in [0, 0.05) is 10.1 Å². The molecule has 0 aliphatic carbocycles. The highest BCUT2D eigenvalue weighted by molar-refractivity contribution is 8.00. The van der Waals surface area contributed by atoms with Crippen molar-refractivity contribution < 1.29 is 5.11 Å². The summed E-state index contributed by atoms with van der Waals surface area (Å²) >= 11 is 1.75. The van der Waals surface area contributed by atoms with E-state index in [0.717, 1.165) is 6.42 Å². The molecule has 0 aromatic heterocycles. The zero-order valence-corrected chi connectivity index (χ0v) is 8.97. The Morgan fingerprint density at radius 2 is 2.23 bits per heavy atom. The lowest BCUT2D eigenvalue weighted by atomic mass is 10.2. The molecule has 0 radical (unpaired) electrons. The van der Waals surface area contributed by atoms with E-state index < -0.39 is 0 Å². The Labute approximate surface area is 84.2 Å². The number of rotatable bonds is 4. The predicted octanol–water partition coefficient (Wildman–Crippen LogP) is 2.86. The smallest absolute Gasteiger partial charge is 0.0553 e. The molecule has 0 saturated heterocycles. The second-order valence-corrected chi connectivity index (χ2v) is 4.52. The maximum Gasteiger partial charge on any atom is 0.0553 e. The van der Waals surface area contributed by atoms with E-state index in [0.29, 0.717) is 5.25 Å². The first kappa shape index (κ1) is 10.6. The van der Waals surface area contributed by atoms with Crippen molar-refractivity contribution in [1.82, 2.24) is 0 Å². The second-order valence-electron chi connectivity index (χ2n) is 3.15. The fourth-order valence-electron chi connectivity index (χ4n) is 1.13. The zero-order chi connectivity index (χ0) is 9.68. The van der Waals surface area contributed by atoms with E-state index in [1.54, 1.807) is 11.8 Å². The Morgan fingerprint density at radius 1 is 1.46 bits per heavy atom. The van der Waals surface area contributed by atoms with Crippen LogP contribution in [-0.4, -0.2) is 17.0 Å². The van der Waals surface area contributed by atoms with Gasteiger partial charge in [-0.3, -0.25) is 0 Å². The summed E-state index contributed by atoms with van der Waals surface area (Å²) in [6, 6.07) is 8.39. The minimum Gasteiger partial charge on any atom is -0.395 e. The van der Waals surface area contributed by atoms with Crippen molar-refractivity contribution in [2.24, 2.45) is 0 Å². The number of aliphatic hydroxyl groups excluding tert-OH is 1. The highest BCUT2D eigenvalue weighted by Gasteiger charge is 2.05. The Kier molecular flexibility index (Phi) is 4.33.